The highest BCUT2D eigenvalue weighted by Gasteiger charge is 2.58. The van der Waals surface area contributed by atoms with Gasteiger partial charge in [0.05, 0.1) is 6.54 Å². The number of carbonyl (C=O) groups excluding carboxylic acids is 3. The Bertz CT molecular complexity index is 709. The molecule has 0 aromatic carbocycles. The number of β-lactam (4-membered cyclic amide) rings is 1. The minimum atomic E-state index is -4.77. The number of carboxylic acid groups (broad SMARTS) is 1. The number of carbonyl (C=O) groups is 4. The fourth-order valence-corrected chi connectivity index (χ4v) is 2.73. The largest absolute Gasteiger partial charge is 0.480 e. The Morgan fingerprint density at radius 1 is 1.42 bits per heavy atom. The van der Waals surface area contributed by atoms with Crippen LogP contribution in [-0.4, -0.2) is 77.5 Å². The van der Waals surface area contributed by atoms with Gasteiger partial charge in [-0.1, -0.05) is 0 Å². The number of carboxylic acids is 1. The summed E-state index contributed by atoms with van der Waals surface area (Å²) in [5.41, 5.74) is 3.28. The van der Waals surface area contributed by atoms with Crippen molar-refractivity contribution in [3.05, 3.63) is 0 Å². The van der Waals surface area contributed by atoms with E-state index in [0.29, 0.717) is 0 Å². The Balaban J connectivity index is 2.60. The average Bonchev–Trinajstić information content (AvgIpc) is 2.53. The lowest BCUT2D eigenvalue weighted by atomic mass is 10.1. The van der Waals surface area contributed by atoms with Crippen LogP contribution in [0.25, 0.3) is 0 Å². The van der Waals surface area contributed by atoms with Gasteiger partial charge in [0.1, 0.15) is 12.1 Å². The number of hydrogen-bond acceptors (Lipinski definition) is 8. The summed E-state index contributed by atoms with van der Waals surface area (Å²) in [6.07, 6.45) is -0.380. The Labute approximate surface area is 148 Å². The molecule has 0 radical (unpaired) electrons. The number of hydrogen-bond donors (Lipinski definition) is 5. The highest BCUT2D eigenvalue weighted by atomic mass is 32.2. The molecule has 1 saturated heterocycles. The van der Waals surface area contributed by atoms with E-state index >= 15 is 0 Å². The molecule has 0 unspecified atom stereocenters. The van der Waals surface area contributed by atoms with Crippen LogP contribution in [0.15, 0.2) is 0 Å². The summed E-state index contributed by atoms with van der Waals surface area (Å²) in [6.45, 7) is 0.651. The summed E-state index contributed by atoms with van der Waals surface area (Å²) in [4.78, 5) is 46.2. The second kappa shape index (κ2) is 7.94. The summed E-state index contributed by atoms with van der Waals surface area (Å²) in [5, 5.41) is 13.1. The molecule has 1 heterocycles. The second-order valence-corrected chi connectivity index (χ2v) is 6.92. The van der Waals surface area contributed by atoms with E-state index in [4.69, 9.17) is 20.1 Å². The van der Waals surface area contributed by atoms with E-state index in [1.807, 2.05) is 0 Å². The van der Waals surface area contributed by atoms with Gasteiger partial charge in [-0.15, -0.1) is 0 Å². The SMILES string of the molecule is CO[C@]1(NC(=O)[C@@H](C)NC(=O)CC[C@H](N)C(=O)O)CN(S(=O)(=O)O)C1=O. The van der Waals surface area contributed by atoms with Crippen LogP contribution in [0.3, 0.4) is 0 Å². The standard InChI is InChI=1S/C12H20N4O9S/c1-6(14-8(17)4-3-7(13)10(19)20)9(18)15-12(25-2)5-16(11(12)21)26(22,23)24/h6-7H,3-5,13H2,1-2H3,(H,14,17)(H,15,18)(H,19,20)(H,22,23,24)/t6-,7+,12-/m1/s1. The van der Waals surface area contributed by atoms with Crippen LogP contribution in [0.5, 0.6) is 0 Å². The van der Waals surface area contributed by atoms with Gasteiger partial charge in [0.2, 0.25) is 17.5 Å². The van der Waals surface area contributed by atoms with Crippen LogP contribution in [0.2, 0.25) is 0 Å². The Hall–Kier alpha value is -2.29. The van der Waals surface area contributed by atoms with Gasteiger partial charge >= 0.3 is 16.3 Å². The molecule has 3 atom stereocenters. The first-order chi connectivity index (χ1) is 11.8. The van der Waals surface area contributed by atoms with E-state index in [2.05, 4.69) is 10.6 Å². The van der Waals surface area contributed by atoms with Crippen LogP contribution in [-0.2, 0) is 34.2 Å². The van der Waals surface area contributed by atoms with Gasteiger partial charge in [-0.3, -0.25) is 23.7 Å². The summed E-state index contributed by atoms with van der Waals surface area (Å²) in [6, 6.07) is -2.36. The summed E-state index contributed by atoms with van der Waals surface area (Å²) in [5.74, 6) is -3.96. The Morgan fingerprint density at radius 2 is 2.00 bits per heavy atom. The third-order valence-electron chi connectivity index (χ3n) is 3.66. The third kappa shape index (κ3) is 4.87. The summed E-state index contributed by atoms with van der Waals surface area (Å²) in [7, 11) is -3.72. The van der Waals surface area contributed by atoms with Crippen molar-refractivity contribution >= 4 is 34.0 Å². The lowest BCUT2D eigenvalue weighted by molar-refractivity contribution is -0.180. The van der Waals surface area contributed by atoms with Crippen LogP contribution in [0.4, 0.5) is 0 Å². The molecule has 6 N–H and O–H groups in total. The number of ether oxygens (including phenoxy) is 1. The zero-order valence-electron chi connectivity index (χ0n) is 14.0. The van der Waals surface area contributed by atoms with Crippen molar-refractivity contribution in [3.63, 3.8) is 0 Å². The molecule has 0 aromatic rings. The maximum absolute atomic E-state index is 12.1. The van der Waals surface area contributed by atoms with E-state index in [-0.39, 0.29) is 17.1 Å². The normalized spacial score (nSPS) is 22.2. The van der Waals surface area contributed by atoms with Gasteiger partial charge in [0, 0.05) is 13.5 Å². The molecule has 0 aliphatic carbocycles. The topological polar surface area (TPSA) is 205 Å². The zero-order valence-corrected chi connectivity index (χ0v) is 14.8. The number of rotatable bonds is 9. The number of nitrogens with two attached hydrogens (primary N) is 1. The van der Waals surface area contributed by atoms with Crippen molar-refractivity contribution in [2.24, 2.45) is 5.73 Å². The minimum absolute atomic E-state index is 0.104. The molecule has 1 aliphatic heterocycles. The van der Waals surface area contributed by atoms with Gasteiger partial charge in [-0.2, -0.15) is 8.42 Å². The fraction of sp³-hybridized carbons (Fsp3) is 0.667. The van der Waals surface area contributed by atoms with Gasteiger partial charge in [0.15, 0.2) is 0 Å². The van der Waals surface area contributed by atoms with E-state index in [1.54, 1.807) is 0 Å². The van der Waals surface area contributed by atoms with Crippen molar-refractivity contribution in [1.29, 1.82) is 0 Å². The first kappa shape index (κ1) is 21.8. The quantitative estimate of drug-likeness (QED) is 0.150. The highest BCUT2D eigenvalue weighted by Crippen LogP contribution is 2.26. The number of amides is 3. The Morgan fingerprint density at radius 3 is 2.42 bits per heavy atom. The third-order valence-corrected chi connectivity index (χ3v) is 4.51. The molecule has 1 aliphatic rings. The monoisotopic (exact) mass is 396 g/mol. The lowest BCUT2D eigenvalue weighted by Crippen LogP contribution is -2.76. The molecule has 0 saturated carbocycles. The predicted molar refractivity (Wildman–Crippen MR) is 83.6 cm³/mol. The van der Waals surface area contributed by atoms with Crippen molar-refractivity contribution in [2.75, 3.05) is 13.7 Å². The van der Waals surface area contributed by atoms with Crippen LogP contribution in [0.1, 0.15) is 19.8 Å². The molecule has 26 heavy (non-hydrogen) atoms. The average molecular weight is 396 g/mol. The predicted octanol–water partition coefficient (Wildman–Crippen LogP) is -3.21. The van der Waals surface area contributed by atoms with Crippen molar-refractivity contribution in [3.8, 4) is 0 Å². The number of methoxy groups -OCH3 is 1. The fourth-order valence-electron chi connectivity index (χ4n) is 2.03. The molecule has 0 spiro atoms. The molecule has 148 valence electrons. The Kier molecular flexibility index (Phi) is 6.65. The molecular formula is C12H20N4O9S. The van der Waals surface area contributed by atoms with Crippen LogP contribution >= 0.6 is 0 Å². The molecule has 13 nitrogen and oxygen atoms in total. The first-order valence-corrected chi connectivity index (χ1v) is 8.68. The second-order valence-electron chi connectivity index (χ2n) is 5.58. The molecule has 1 fully saturated rings. The van der Waals surface area contributed by atoms with Gasteiger partial charge in [-0.05, 0) is 13.3 Å². The highest BCUT2D eigenvalue weighted by molar-refractivity contribution is 7.84. The van der Waals surface area contributed by atoms with Gasteiger partial charge < -0.3 is 26.2 Å². The van der Waals surface area contributed by atoms with Crippen molar-refractivity contribution < 1.29 is 42.0 Å². The minimum Gasteiger partial charge on any atom is -0.480 e. The van der Waals surface area contributed by atoms with E-state index < -0.39 is 58.3 Å². The zero-order chi connectivity index (χ0) is 20.3. The maximum Gasteiger partial charge on any atom is 0.362 e. The molecule has 0 aromatic heterocycles. The number of nitrogens with zero attached hydrogens (tertiary/aromatic N) is 1. The van der Waals surface area contributed by atoms with Crippen LogP contribution < -0.4 is 16.4 Å². The van der Waals surface area contributed by atoms with Gasteiger partial charge in [-0.25, -0.2) is 4.31 Å². The van der Waals surface area contributed by atoms with Gasteiger partial charge in [0.25, 0.3) is 5.91 Å². The summed E-state index contributed by atoms with van der Waals surface area (Å²) < 4.78 is 35.7. The first-order valence-electron chi connectivity index (χ1n) is 7.28. The maximum atomic E-state index is 12.1. The number of nitrogens with one attached hydrogen (secondary N) is 2. The molecule has 0 bridgehead atoms. The van der Waals surface area contributed by atoms with Crippen LogP contribution in [0, 0.1) is 0 Å². The summed E-state index contributed by atoms with van der Waals surface area (Å²) >= 11 is 0. The smallest absolute Gasteiger partial charge is 0.362 e. The van der Waals surface area contributed by atoms with E-state index in [0.717, 1.165) is 7.11 Å². The number of aliphatic carboxylic acids is 1. The molecular weight excluding hydrogens is 376 g/mol. The van der Waals surface area contributed by atoms with Crippen molar-refractivity contribution in [2.45, 2.75) is 37.6 Å². The van der Waals surface area contributed by atoms with E-state index in [9.17, 15) is 27.6 Å². The molecule has 14 heteroatoms. The lowest BCUT2D eigenvalue weighted by Gasteiger charge is -2.45. The molecule has 3 amide bonds. The van der Waals surface area contributed by atoms with Crippen molar-refractivity contribution in [1.82, 2.24) is 14.9 Å². The van der Waals surface area contributed by atoms with E-state index in [1.165, 1.54) is 6.92 Å². The molecule has 1 rings (SSSR count).